The number of benzene rings is 2. The average molecular weight is 311 g/mol. The average Bonchev–Trinajstić information content (AvgIpc) is 3.31. The van der Waals surface area contributed by atoms with E-state index >= 15 is 0 Å². The highest BCUT2D eigenvalue weighted by atomic mass is 19.1. The molecule has 1 aromatic heterocycles. The van der Waals surface area contributed by atoms with Gasteiger partial charge in [-0.1, -0.05) is 24.3 Å². The third-order valence-electron chi connectivity index (χ3n) is 4.26. The summed E-state index contributed by atoms with van der Waals surface area (Å²) in [4.78, 5) is 10.1. The molecular weight excluding hydrogens is 293 g/mol. The van der Waals surface area contributed by atoms with Gasteiger partial charge in [0.25, 0.3) is 0 Å². The zero-order chi connectivity index (χ0) is 15.8. The SMILES string of the molecule is OC(CN(c1nc2ccccc2[nH]1)C1CC1)c1ccc(F)cc1. The van der Waals surface area contributed by atoms with Gasteiger partial charge in [-0.2, -0.15) is 0 Å². The number of halogens is 1. The molecule has 0 radical (unpaired) electrons. The Kier molecular flexibility index (Phi) is 3.50. The first-order chi connectivity index (χ1) is 11.2. The Morgan fingerprint density at radius 1 is 1.17 bits per heavy atom. The second kappa shape index (κ2) is 5.66. The molecule has 1 aliphatic carbocycles. The third kappa shape index (κ3) is 2.92. The van der Waals surface area contributed by atoms with Crippen LogP contribution in [-0.2, 0) is 0 Å². The van der Waals surface area contributed by atoms with Gasteiger partial charge in [-0.05, 0) is 42.7 Å². The van der Waals surface area contributed by atoms with Gasteiger partial charge in [-0.15, -0.1) is 0 Å². The maximum absolute atomic E-state index is 13.0. The van der Waals surface area contributed by atoms with Gasteiger partial charge in [0.1, 0.15) is 5.82 Å². The summed E-state index contributed by atoms with van der Waals surface area (Å²) in [5, 5.41) is 10.5. The van der Waals surface area contributed by atoms with Gasteiger partial charge in [0, 0.05) is 6.04 Å². The second-order valence-electron chi connectivity index (χ2n) is 6.03. The molecule has 0 amide bonds. The molecule has 4 rings (SSSR count). The molecule has 1 unspecified atom stereocenters. The summed E-state index contributed by atoms with van der Waals surface area (Å²) >= 11 is 0. The van der Waals surface area contributed by atoms with E-state index in [0.717, 1.165) is 29.8 Å². The Balaban J connectivity index is 1.59. The van der Waals surface area contributed by atoms with E-state index in [1.54, 1.807) is 12.1 Å². The van der Waals surface area contributed by atoms with Crippen molar-refractivity contribution in [3.05, 3.63) is 59.9 Å². The molecule has 5 heteroatoms. The van der Waals surface area contributed by atoms with E-state index in [9.17, 15) is 9.50 Å². The van der Waals surface area contributed by atoms with Crippen molar-refractivity contribution in [2.75, 3.05) is 11.4 Å². The predicted octanol–water partition coefficient (Wildman–Crippen LogP) is 3.40. The van der Waals surface area contributed by atoms with Crippen LogP contribution < -0.4 is 4.90 Å². The van der Waals surface area contributed by atoms with Crippen LogP contribution in [0, 0.1) is 5.82 Å². The first kappa shape index (κ1) is 14.2. The lowest BCUT2D eigenvalue weighted by Gasteiger charge is -2.24. The van der Waals surface area contributed by atoms with Crippen molar-refractivity contribution in [2.24, 2.45) is 0 Å². The molecular formula is C18H18FN3O. The predicted molar refractivity (Wildman–Crippen MR) is 87.8 cm³/mol. The summed E-state index contributed by atoms with van der Waals surface area (Å²) in [7, 11) is 0. The molecule has 0 spiro atoms. The lowest BCUT2D eigenvalue weighted by Crippen LogP contribution is -2.31. The van der Waals surface area contributed by atoms with Crippen LogP contribution in [0.3, 0.4) is 0 Å². The van der Waals surface area contributed by atoms with Crippen molar-refractivity contribution in [3.63, 3.8) is 0 Å². The molecule has 1 atom stereocenters. The number of nitrogens with zero attached hydrogens (tertiary/aromatic N) is 2. The highest BCUT2D eigenvalue weighted by Crippen LogP contribution is 2.32. The van der Waals surface area contributed by atoms with Crippen LogP contribution in [0.5, 0.6) is 0 Å². The number of hydrogen-bond acceptors (Lipinski definition) is 3. The van der Waals surface area contributed by atoms with Gasteiger partial charge < -0.3 is 15.0 Å². The first-order valence-electron chi connectivity index (χ1n) is 7.85. The summed E-state index contributed by atoms with van der Waals surface area (Å²) in [6, 6.07) is 14.3. The van der Waals surface area contributed by atoms with Crippen LogP contribution in [0.4, 0.5) is 10.3 Å². The Labute approximate surface area is 133 Å². The third-order valence-corrected chi connectivity index (χ3v) is 4.26. The summed E-state index contributed by atoms with van der Waals surface area (Å²) in [5.74, 6) is 0.493. The number of hydrogen-bond donors (Lipinski definition) is 2. The molecule has 23 heavy (non-hydrogen) atoms. The normalized spacial score (nSPS) is 15.7. The molecule has 1 aliphatic rings. The number of nitrogens with one attached hydrogen (secondary N) is 1. The van der Waals surface area contributed by atoms with Gasteiger partial charge in [0.05, 0.1) is 23.7 Å². The second-order valence-corrected chi connectivity index (χ2v) is 6.03. The zero-order valence-electron chi connectivity index (χ0n) is 12.6. The van der Waals surface area contributed by atoms with Crippen LogP contribution in [0.25, 0.3) is 11.0 Å². The van der Waals surface area contributed by atoms with Crippen molar-refractivity contribution in [1.29, 1.82) is 0 Å². The van der Waals surface area contributed by atoms with Crippen molar-refractivity contribution >= 4 is 17.0 Å². The highest BCUT2D eigenvalue weighted by Gasteiger charge is 2.32. The standard InChI is InChI=1S/C18H18FN3O/c19-13-7-5-12(6-8-13)17(23)11-22(14-9-10-14)18-20-15-3-1-2-4-16(15)21-18/h1-8,14,17,23H,9-11H2,(H,20,21). The topological polar surface area (TPSA) is 52.1 Å². The Bertz CT molecular complexity index is 778. The van der Waals surface area contributed by atoms with Gasteiger partial charge in [0.2, 0.25) is 5.95 Å². The van der Waals surface area contributed by atoms with Crippen molar-refractivity contribution in [2.45, 2.75) is 25.0 Å². The molecule has 2 N–H and O–H groups in total. The lowest BCUT2D eigenvalue weighted by atomic mass is 10.1. The van der Waals surface area contributed by atoms with E-state index in [2.05, 4.69) is 14.9 Å². The number of anilines is 1. The molecule has 0 aliphatic heterocycles. The highest BCUT2D eigenvalue weighted by molar-refractivity contribution is 5.77. The number of para-hydroxylation sites is 2. The van der Waals surface area contributed by atoms with Crippen LogP contribution in [0.1, 0.15) is 24.5 Å². The number of aliphatic hydroxyl groups is 1. The van der Waals surface area contributed by atoms with E-state index in [0.29, 0.717) is 18.2 Å². The summed E-state index contributed by atoms with van der Waals surface area (Å²) in [6.07, 6.45) is 1.53. The van der Waals surface area contributed by atoms with E-state index in [1.807, 2.05) is 24.3 Å². The summed E-state index contributed by atoms with van der Waals surface area (Å²) < 4.78 is 13.0. The van der Waals surface area contributed by atoms with Crippen molar-refractivity contribution in [1.82, 2.24) is 9.97 Å². The van der Waals surface area contributed by atoms with Crippen molar-refractivity contribution < 1.29 is 9.50 Å². The Hall–Kier alpha value is -2.40. The molecule has 1 fully saturated rings. The number of imidazole rings is 1. The molecule has 3 aromatic rings. The largest absolute Gasteiger partial charge is 0.387 e. The minimum atomic E-state index is -0.676. The van der Waals surface area contributed by atoms with Gasteiger partial charge in [-0.3, -0.25) is 0 Å². The monoisotopic (exact) mass is 311 g/mol. The van der Waals surface area contributed by atoms with Gasteiger partial charge in [-0.25, -0.2) is 9.37 Å². The minimum Gasteiger partial charge on any atom is -0.387 e. The Morgan fingerprint density at radius 2 is 1.91 bits per heavy atom. The van der Waals surface area contributed by atoms with Crippen LogP contribution in [-0.4, -0.2) is 27.7 Å². The fraction of sp³-hybridized carbons (Fsp3) is 0.278. The fourth-order valence-corrected chi connectivity index (χ4v) is 2.85. The van der Waals surface area contributed by atoms with Gasteiger partial charge in [0.15, 0.2) is 0 Å². The fourth-order valence-electron chi connectivity index (χ4n) is 2.85. The smallest absolute Gasteiger partial charge is 0.204 e. The minimum absolute atomic E-state index is 0.294. The van der Waals surface area contributed by atoms with E-state index in [-0.39, 0.29) is 5.82 Å². The number of aromatic nitrogens is 2. The van der Waals surface area contributed by atoms with Crippen LogP contribution >= 0.6 is 0 Å². The molecule has 1 saturated carbocycles. The summed E-state index contributed by atoms with van der Waals surface area (Å²) in [5.41, 5.74) is 2.63. The molecule has 2 aromatic carbocycles. The van der Waals surface area contributed by atoms with Crippen LogP contribution in [0.15, 0.2) is 48.5 Å². The lowest BCUT2D eigenvalue weighted by molar-refractivity contribution is 0.182. The first-order valence-corrected chi connectivity index (χ1v) is 7.85. The van der Waals surface area contributed by atoms with Crippen molar-refractivity contribution in [3.8, 4) is 0 Å². The number of fused-ring (bicyclic) bond motifs is 1. The Morgan fingerprint density at radius 3 is 2.61 bits per heavy atom. The number of rotatable bonds is 5. The molecule has 0 saturated heterocycles. The van der Waals surface area contributed by atoms with Crippen LogP contribution in [0.2, 0.25) is 0 Å². The molecule has 1 heterocycles. The number of H-pyrrole nitrogens is 1. The summed E-state index contributed by atoms with van der Waals surface area (Å²) in [6.45, 7) is 0.441. The number of aromatic amines is 1. The maximum atomic E-state index is 13.0. The van der Waals surface area contributed by atoms with E-state index in [4.69, 9.17) is 0 Å². The van der Waals surface area contributed by atoms with Gasteiger partial charge >= 0.3 is 0 Å². The number of aliphatic hydroxyl groups excluding tert-OH is 1. The molecule has 118 valence electrons. The maximum Gasteiger partial charge on any atom is 0.204 e. The van der Waals surface area contributed by atoms with E-state index < -0.39 is 6.10 Å². The molecule has 0 bridgehead atoms. The quantitative estimate of drug-likeness (QED) is 0.759. The zero-order valence-corrected chi connectivity index (χ0v) is 12.6. The van der Waals surface area contributed by atoms with E-state index in [1.165, 1.54) is 12.1 Å². The molecule has 4 nitrogen and oxygen atoms in total.